The van der Waals surface area contributed by atoms with Gasteiger partial charge in [-0.05, 0) is 38.1 Å². The van der Waals surface area contributed by atoms with Gasteiger partial charge in [0, 0.05) is 25.4 Å². The van der Waals surface area contributed by atoms with Crippen LogP contribution in [0.25, 0.3) is 11.2 Å². The lowest BCUT2D eigenvalue weighted by Gasteiger charge is -2.31. The fraction of sp³-hybridized carbons (Fsp3) is 0.524. The number of nitrogens with two attached hydrogens (primary N) is 1. The van der Waals surface area contributed by atoms with Crippen LogP contribution >= 0.6 is 0 Å². The van der Waals surface area contributed by atoms with Crippen LogP contribution in [-0.4, -0.2) is 76.0 Å². The lowest BCUT2D eigenvalue weighted by Crippen LogP contribution is -2.40. The monoisotopic (exact) mass is 443 g/mol. The summed E-state index contributed by atoms with van der Waals surface area (Å²) in [7, 11) is 3.70. The first kappa shape index (κ1) is 22.0. The standard InChI is InChI=1S/C21H29N7O4/c1-27-8-4-3-5-15(27)13-32-16-11-14(6-7-23-16)12-28-19-17(24-21(28)29)18(22)25-20(26-19)31-10-9-30-2/h6-7,11,15H,3-5,8-10,12-13H2,1-2H3,(H,24,29)(H2,22,25,26). The number of piperidine rings is 1. The quantitative estimate of drug-likeness (QED) is 0.465. The summed E-state index contributed by atoms with van der Waals surface area (Å²) in [5.41, 5.74) is 7.27. The number of hydrogen-bond donors (Lipinski definition) is 2. The van der Waals surface area contributed by atoms with Crippen LogP contribution in [0.3, 0.4) is 0 Å². The molecule has 4 rings (SSSR count). The van der Waals surface area contributed by atoms with E-state index in [1.54, 1.807) is 13.3 Å². The molecule has 1 aliphatic rings. The number of ether oxygens (including phenoxy) is 3. The second kappa shape index (κ2) is 9.96. The molecule has 11 nitrogen and oxygen atoms in total. The molecule has 0 amide bonds. The molecule has 32 heavy (non-hydrogen) atoms. The van der Waals surface area contributed by atoms with Crippen molar-refractivity contribution in [2.75, 3.05) is 46.3 Å². The molecule has 4 heterocycles. The largest absolute Gasteiger partial charge is 0.476 e. The van der Waals surface area contributed by atoms with Crippen LogP contribution < -0.4 is 20.9 Å². The number of nitrogens with one attached hydrogen (secondary N) is 1. The predicted molar refractivity (Wildman–Crippen MR) is 119 cm³/mol. The molecule has 0 aliphatic carbocycles. The highest BCUT2D eigenvalue weighted by Gasteiger charge is 2.20. The fourth-order valence-electron chi connectivity index (χ4n) is 3.80. The number of likely N-dealkylation sites (tertiary alicyclic amines) is 1. The van der Waals surface area contributed by atoms with Gasteiger partial charge in [0.05, 0.1) is 13.2 Å². The Bertz CT molecular complexity index is 1110. The van der Waals surface area contributed by atoms with E-state index in [1.165, 1.54) is 17.4 Å². The van der Waals surface area contributed by atoms with Gasteiger partial charge in [0.2, 0.25) is 5.88 Å². The zero-order valence-electron chi connectivity index (χ0n) is 18.4. The van der Waals surface area contributed by atoms with Crippen molar-refractivity contribution in [3.8, 4) is 11.9 Å². The molecule has 172 valence electrons. The lowest BCUT2D eigenvalue weighted by molar-refractivity contribution is 0.122. The first-order valence-corrected chi connectivity index (χ1v) is 10.7. The average Bonchev–Trinajstić information content (AvgIpc) is 3.10. The number of nitrogens with zero attached hydrogens (tertiary/aromatic N) is 5. The third-order valence-corrected chi connectivity index (χ3v) is 5.63. The van der Waals surface area contributed by atoms with Crippen LogP contribution in [0.2, 0.25) is 0 Å². The van der Waals surface area contributed by atoms with E-state index in [4.69, 9.17) is 19.9 Å². The molecule has 0 bridgehead atoms. The summed E-state index contributed by atoms with van der Waals surface area (Å²) in [6, 6.07) is 4.16. The van der Waals surface area contributed by atoms with Crippen LogP contribution in [-0.2, 0) is 11.3 Å². The van der Waals surface area contributed by atoms with Gasteiger partial charge in [0.15, 0.2) is 11.5 Å². The van der Waals surface area contributed by atoms with E-state index >= 15 is 0 Å². The van der Waals surface area contributed by atoms with Gasteiger partial charge in [-0.25, -0.2) is 9.78 Å². The van der Waals surface area contributed by atoms with Crippen LogP contribution in [0.4, 0.5) is 5.82 Å². The van der Waals surface area contributed by atoms with Crippen molar-refractivity contribution in [2.24, 2.45) is 0 Å². The zero-order valence-corrected chi connectivity index (χ0v) is 18.4. The fourth-order valence-corrected chi connectivity index (χ4v) is 3.80. The van der Waals surface area contributed by atoms with Crippen molar-refractivity contribution in [3.63, 3.8) is 0 Å². The molecule has 1 atom stereocenters. The number of pyridine rings is 1. The van der Waals surface area contributed by atoms with E-state index in [0.29, 0.717) is 36.3 Å². The number of rotatable bonds is 9. The number of imidazole rings is 1. The van der Waals surface area contributed by atoms with E-state index in [9.17, 15) is 4.79 Å². The van der Waals surface area contributed by atoms with Gasteiger partial charge in [-0.1, -0.05) is 6.42 Å². The number of aromatic amines is 1. The van der Waals surface area contributed by atoms with Gasteiger partial charge >= 0.3 is 11.7 Å². The third kappa shape index (κ3) is 5.00. The van der Waals surface area contributed by atoms with E-state index < -0.39 is 0 Å². The maximum absolute atomic E-state index is 12.6. The number of anilines is 1. The van der Waals surface area contributed by atoms with Crippen LogP contribution in [0, 0.1) is 0 Å². The lowest BCUT2D eigenvalue weighted by atomic mass is 10.0. The molecule has 0 saturated carbocycles. The molecule has 0 radical (unpaired) electrons. The van der Waals surface area contributed by atoms with Gasteiger partial charge in [-0.15, -0.1) is 0 Å². The highest BCUT2D eigenvalue weighted by atomic mass is 16.5. The minimum Gasteiger partial charge on any atom is -0.476 e. The first-order chi connectivity index (χ1) is 15.5. The van der Waals surface area contributed by atoms with Gasteiger partial charge in [0.25, 0.3) is 0 Å². The molecule has 1 aliphatic heterocycles. The number of fused-ring (bicyclic) bond motifs is 1. The van der Waals surface area contributed by atoms with E-state index in [-0.39, 0.29) is 30.7 Å². The molecule has 3 aromatic heterocycles. The molecule has 3 aromatic rings. The van der Waals surface area contributed by atoms with Crippen LogP contribution in [0.1, 0.15) is 24.8 Å². The molecule has 3 N–H and O–H groups in total. The minimum absolute atomic E-state index is 0.0927. The van der Waals surface area contributed by atoms with E-state index in [2.05, 4.69) is 31.9 Å². The Hall–Kier alpha value is -3.18. The number of methoxy groups -OCH3 is 1. The number of aromatic nitrogens is 5. The number of H-pyrrole nitrogens is 1. The van der Waals surface area contributed by atoms with Crippen molar-refractivity contribution in [2.45, 2.75) is 31.8 Å². The third-order valence-electron chi connectivity index (χ3n) is 5.63. The van der Waals surface area contributed by atoms with Gasteiger partial charge in [0.1, 0.15) is 18.7 Å². The highest BCUT2D eigenvalue weighted by Crippen LogP contribution is 2.20. The van der Waals surface area contributed by atoms with Gasteiger partial charge < -0.3 is 29.8 Å². The Kier molecular flexibility index (Phi) is 6.86. The van der Waals surface area contributed by atoms with E-state index in [1.807, 2.05) is 12.1 Å². The second-order valence-corrected chi connectivity index (χ2v) is 7.89. The predicted octanol–water partition coefficient (Wildman–Crippen LogP) is 1.03. The van der Waals surface area contributed by atoms with Gasteiger partial charge in [-0.3, -0.25) is 4.57 Å². The normalized spacial score (nSPS) is 17.0. The molecular formula is C21H29N7O4. The van der Waals surface area contributed by atoms with Crippen molar-refractivity contribution in [1.29, 1.82) is 0 Å². The Morgan fingerprint density at radius 2 is 2.12 bits per heavy atom. The highest BCUT2D eigenvalue weighted by molar-refractivity contribution is 5.81. The average molecular weight is 444 g/mol. The van der Waals surface area contributed by atoms with Crippen molar-refractivity contribution in [3.05, 3.63) is 34.4 Å². The molecule has 1 unspecified atom stereocenters. The minimum atomic E-state index is -0.335. The summed E-state index contributed by atoms with van der Waals surface area (Å²) in [5.74, 6) is 0.681. The van der Waals surface area contributed by atoms with Crippen molar-refractivity contribution < 1.29 is 14.2 Å². The number of nitrogen functional groups attached to an aromatic ring is 1. The second-order valence-electron chi connectivity index (χ2n) is 7.89. The summed E-state index contributed by atoms with van der Waals surface area (Å²) in [5, 5.41) is 0. The smallest absolute Gasteiger partial charge is 0.328 e. The summed E-state index contributed by atoms with van der Waals surface area (Å²) < 4.78 is 17.9. The van der Waals surface area contributed by atoms with Crippen LogP contribution in [0.5, 0.6) is 11.9 Å². The zero-order chi connectivity index (χ0) is 22.5. The first-order valence-electron chi connectivity index (χ1n) is 10.7. The molecular weight excluding hydrogens is 414 g/mol. The summed E-state index contributed by atoms with van der Waals surface area (Å²) in [4.78, 5) is 30.4. The summed E-state index contributed by atoms with van der Waals surface area (Å²) in [6.45, 7) is 2.61. The molecule has 1 fully saturated rings. The number of likely N-dealkylation sites (N-methyl/N-ethyl adjacent to an activating group) is 1. The summed E-state index contributed by atoms with van der Waals surface area (Å²) in [6.07, 6.45) is 5.25. The molecule has 0 aromatic carbocycles. The molecule has 11 heteroatoms. The van der Waals surface area contributed by atoms with Crippen molar-refractivity contribution in [1.82, 2.24) is 29.4 Å². The SMILES string of the molecule is COCCOc1nc(N)c2[nH]c(=O)n(Cc3ccnc(OCC4CCCCN4C)c3)c2n1. The van der Waals surface area contributed by atoms with Crippen LogP contribution in [0.15, 0.2) is 23.1 Å². The summed E-state index contributed by atoms with van der Waals surface area (Å²) >= 11 is 0. The Morgan fingerprint density at radius 3 is 2.94 bits per heavy atom. The molecule has 1 saturated heterocycles. The Morgan fingerprint density at radius 1 is 1.25 bits per heavy atom. The number of hydrogen-bond acceptors (Lipinski definition) is 9. The maximum Gasteiger partial charge on any atom is 0.328 e. The Labute approximate surface area is 185 Å². The van der Waals surface area contributed by atoms with Gasteiger partial charge in [-0.2, -0.15) is 9.97 Å². The maximum atomic E-state index is 12.6. The molecule has 0 spiro atoms. The topological polar surface area (TPSA) is 133 Å². The van der Waals surface area contributed by atoms with Crippen molar-refractivity contribution >= 4 is 17.0 Å². The Balaban J connectivity index is 1.52. The van der Waals surface area contributed by atoms with E-state index in [0.717, 1.165) is 18.5 Å².